The molecule has 0 unspecified atom stereocenters. The number of hydrogen-bond acceptors (Lipinski definition) is 5. The second-order valence-corrected chi connectivity index (χ2v) is 6.65. The van der Waals surface area contributed by atoms with Gasteiger partial charge in [0.05, 0.1) is 11.9 Å². The van der Waals surface area contributed by atoms with Gasteiger partial charge in [0, 0.05) is 25.0 Å². The summed E-state index contributed by atoms with van der Waals surface area (Å²) in [6.45, 7) is 4.04. The van der Waals surface area contributed by atoms with Crippen LogP contribution in [-0.2, 0) is 11.2 Å². The van der Waals surface area contributed by atoms with Crippen LogP contribution < -0.4 is 4.90 Å². The first-order valence-corrected chi connectivity index (χ1v) is 8.22. The number of aryl methyl sites for hydroxylation is 1. The molecule has 1 fully saturated rings. The van der Waals surface area contributed by atoms with Gasteiger partial charge < -0.3 is 9.80 Å². The van der Waals surface area contributed by atoms with Crippen molar-refractivity contribution in [2.75, 3.05) is 31.6 Å². The Balaban J connectivity index is 2.06. The van der Waals surface area contributed by atoms with Crippen LogP contribution in [0.15, 0.2) is 6.07 Å². The Labute approximate surface area is 132 Å². The molecule has 112 valence electrons. The van der Waals surface area contributed by atoms with Crippen molar-refractivity contribution >= 4 is 44.9 Å². The zero-order chi connectivity index (χ0) is 15.0. The van der Waals surface area contributed by atoms with Crippen LogP contribution >= 0.6 is 22.9 Å². The van der Waals surface area contributed by atoms with E-state index in [2.05, 4.69) is 23.0 Å². The van der Waals surface area contributed by atoms with Crippen LogP contribution in [0, 0.1) is 0 Å². The molecule has 0 spiro atoms. The van der Waals surface area contributed by atoms with E-state index in [1.165, 1.54) is 4.88 Å². The van der Waals surface area contributed by atoms with E-state index < -0.39 is 0 Å². The van der Waals surface area contributed by atoms with Gasteiger partial charge in [-0.3, -0.25) is 4.79 Å². The summed E-state index contributed by atoms with van der Waals surface area (Å²) in [6, 6.07) is 2.12. The van der Waals surface area contributed by atoms with Crippen LogP contribution in [0.3, 0.4) is 0 Å². The summed E-state index contributed by atoms with van der Waals surface area (Å²) in [5.74, 6) is 0.894. The molecule has 1 aliphatic rings. The summed E-state index contributed by atoms with van der Waals surface area (Å²) in [4.78, 5) is 26.7. The molecule has 3 heterocycles. The molecule has 1 saturated heterocycles. The molecule has 0 atom stereocenters. The lowest BCUT2D eigenvalue weighted by molar-refractivity contribution is -0.127. The molecule has 1 aliphatic heterocycles. The van der Waals surface area contributed by atoms with E-state index in [1.54, 1.807) is 16.2 Å². The molecule has 2 aromatic heterocycles. The van der Waals surface area contributed by atoms with Gasteiger partial charge in [-0.1, -0.05) is 6.92 Å². The third-order valence-corrected chi connectivity index (χ3v) is 5.06. The average Bonchev–Trinajstić information content (AvgIpc) is 2.79. The van der Waals surface area contributed by atoms with E-state index in [-0.39, 0.29) is 11.2 Å². The van der Waals surface area contributed by atoms with Crippen molar-refractivity contribution in [3.05, 3.63) is 16.2 Å². The van der Waals surface area contributed by atoms with Crippen molar-refractivity contribution < 1.29 is 4.79 Å². The van der Waals surface area contributed by atoms with E-state index >= 15 is 0 Å². The lowest BCUT2D eigenvalue weighted by Crippen LogP contribution is -2.34. The number of likely N-dealkylation sites (N-methyl/N-ethyl adjacent to an activating group) is 1. The van der Waals surface area contributed by atoms with Crippen molar-refractivity contribution in [1.29, 1.82) is 0 Å². The summed E-state index contributed by atoms with van der Waals surface area (Å²) < 4.78 is 0. The number of rotatable bonds is 2. The Hall–Kier alpha value is -1.40. The average molecular weight is 325 g/mol. The second kappa shape index (κ2) is 5.77. The number of aromatic nitrogens is 2. The number of fused-ring (bicyclic) bond motifs is 1. The third-order valence-electron chi connectivity index (χ3n) is 3.72. The quantitative estimate of drug-likeness (QED) is 0.797. The second-order valence-electron chi connectivity index (χ2n) is 5.19. The molecule has 0 saturated carbocycles. The smallest absolute Gasteiger partial charge is 0.241 e. The normalized spacial score (nSPS) is 16.6. The van der Waals surface area contributed by atoms with Crippen molar-refractivity contribution in [2.45, 2.75) is 19.8 Å². The molecule has 0 aromatic carbocycles. The summed E-state index contributed by atoms with van der Waals surface area (Å²) in [6.07, 6.45) is 1.88. The Kier molecular flexibility index (Phi) is 3.99. The molecular weight excluding hydrogens is 308 g/mol. The zero-order valence-electron chi connectivity index (χ0n) is 12.1. The zero-order valence-corrected chi connectivity index (χ0v) is 13.7. The summed E-state index contributed by atoms with van der Waals surface area (Å²) in [7, 11) is 1.84. The first-order valence-electron chi connectivity index (χ1n) is 7.03. The van der Waals surface area contributed by atoms with Gasteiger partial charge in [0.15, 0.2) is 0 Å². The van der Waals surface area contributed by atoms with Gasteiger partial charge in [-0.15, -0.1) is 11.3 Å². The molecule has 0 aliphatic carbocycles. The van der Waals surface area contributed by atoms with Crippen molar-refractivity contribution in [3.63, 3.8) is 0 Å². The number of thiophene rings is 1. The number of carbonyl (C=O) groups excluding carboxylic acids is 1. The molecule has 0 bridgehead atoms. The lowest BCUT2D eigenvalue weighted by Gasteiger charge is -2.21. The number of carbonyl (C=O) groups is 1. The van der Waals surface area contributed by atoms with Gasteiger partial charge in [0.2, 0.25) is 11.2 Å². The van der Waals surface area contributed by atoms with Gasteiger partial charge in [-0.2, -0.15) is 4.98 Å². The van der Waals surface area contributed by atoms with E-state index in [0.717, 1.165) is 42.0 Å². The van der Waals surface area contributed by atoms with Crippen LogP contribution in [0.1, 0.15) is 18.2 Å². The Bertz CT molecular complexity index is 687. The summed E-state index contributed by atoms with van der Waals surface area (Å²) in [5.41, 5.74) is 0. The number of nitrogens with zero attached hydrogens (tertiary/aromatic N) is 4. The van der Waals surface area contributed by atoms with E-state index in [4.69, 9.17) is 11.6 Å². The van der Waals surface area contributed by atoms with Gasteiger partial charge >= 0.3 is 0 Å². The predicted molar refractivity (Wildman–Crippen MR) is 86.3 cm³/mol. The van der Waals surface area contributed by atoms with Crippen LogP contribution in [0.2, 0.25) is 5.28 Å². The fourth-order valence-corrected chi connectivity index (χ4v) is 3.69. The summed E-state index contributed by atoms with van der Waals surface area (Å²) in [5, 5.41) is 1.24. The topological polar surface area (TPSA) is 49.3 Å². The van der Waals surface area contributed by atoms with Crippen molar-refractivity contribution in [1.82, 2.24) is 14.9 Å². The van der Waals surface area contributed by atoms with Crippen LogP contribution in [-0.4, -0.2) is 47.5 Å². The monoisotopic (exact) mass is 324 g/mol. The molecule has 0 N–H and O–H groups in total. The van der Waals surface area contributed by atoms with Gasteiger partial charge in [0.1, 0.15) is 10.6 Å². The number of amides is 1. The fraction of sp³-hybridized carbons (Fsp3) is 0.500. The first kappa shape index (κ1) is 14.5. The molecule has 1 amide bonds. The number of hydrogen-bond donors (Lipinski definition) is 0. The Morgan fingerprint density at radius 1 is 1.38 bits per heavy atom. The highest BCUT2D eigenvalue weighted by molar-refractivity contribution is 7.18. The largest absolute Gasteiger partial charge is 0.347 e. The first-order chi connectivity index (χ1) is 10.1. The highest BCUT2D eigenvalue weighted by Crippen LogP contribution is 2.32. The highest BCUT2D eigenvalue weighted by atomic mass is 35.5. The van der Waals surface area contributed by atoms with Gasteiger partial charge in [0.25, 0.3) is 0 Å². The van der Waals surface area contributed by atoms with Crippen molar-refractivity contribution in [3.8, 4) is 0 Å². The number of anilines is 1. The molecule has 21 heavy (non-hydrogen) atoms. The van der Waals surface area contributed by atoms with E-state index in [9.17, 15) is 4.79 Å². The van der Waals surface area contributed by atoms with Crippen LogP contribution in [0.5, 0.6) is 0 Å². The Morgan fingerprint density at radius 2 is 2.19 bits per heavy atom. The molecule has 2 aromatic rings. The van der Waals surface area contributed by atoms with E-state index in [0.29, 0.717) is 6.54 Å². The predicted octanol–water partition coefficient (Wildman–Crippen LogP) is 2.58. The van der Waals surface area contributed by atoms with Gasteiger partial charge in [-0.25, -0.2) is 4.98 Å². The van der Waals surface area contributed by atoms with Crippen LogP contribution in [0.4, 0.5) is 5.82 Å². The standard InChI is InChI=1S/C14H17ClN4OS/c1-3-9-7-10-12(16-14(15)17-13(10)21-9)19-6-4-5-18(2)11(20)8-19/h7H,3-6,8H2,1-2H3. The van der Waals surface area contributed by atoms with Crippen molar-refractivity contribution in [2.24, 2.45) is 0 Å². The maximum absolute atomic E-state index is 12.1. The minimum absolute atomic E-state index is 0.112. The number of halogens is 1. The molecular formula is C14H17ClN4OS. The molecule has 7 heteroatoms. The minimum Gasteiger partial charge on any atom is -0.347 e. The van der Waals surface area contributed by atoms with Gasteiger partial charge in [-0.05, 0) is 30.5 Å². The fourth-order valence-electron chi connectivity index (χ4n) is 2.51. The summed E-state index contributed by atoms with van der Waals surface area (Å²) >= 11 is 7.70. The molecule has 5 nitrogen and oxygen atoms in total. The lowest BCUT2D eigenvalue weighted by atomic mass is 10.3. The minimum atomic E-state index is 0.112. The van der Waals surface area contributed by atoms with E-state index in [1.807, 2.05) is 11.9 Å². The third kappa shape index (κ3) is 2.82. The SMILES string of the molecule is CCc1cc2c(N3CCCN(C)C(=O)C3)nc(Cl)nc2s1. The maximum Gasteiger partial charge on any atom is 0.241 e. The van der Waals surface area contributed by atoms with Crippen LogP contribution in [0.25, 0.3) is 10.2 Å². The molecule has 3 rings (SSSR count). The molecule has 0 radical (unpaired) electrons. The Morgan fingerprint density at radius 3 is 2.95 bits per heavy atom. The highest BCUT2D eigenvalue weighted by Gasteiger charge is 2.23. The maximum atomic E-state index is 12.1.